The summed E-state index contributed by atoms with van der Waals surface area (Å²) < 4.78 is 0. The van der Waals surface area contributed by atoms with Crippen molar-refractivity contribution in [3.05, 3.63) is 0 Å². The molecule has 29 heavy (non-hydrogen) atoms. The lowest BCUT2D eigenvalue weighted by molar-refractivity contribution is -0.315. The quantitative estimate of drug-likeness (QED) is 0.526. The SMILES string of the molecule is C[C@H](CNC(=O)[C@@H]1[C@H]2CC[C@@H](C2)[C@@H]1C(=O)[O-])NC(=O)[C@@H]1[C@H]2CC[C@@H](C2)[C@@H]1C(=O)[O-]. The molecule has 0 heterocycles. The van der Waals surface area contributed by atoms with Crippen molar-refractivity contribution in [3.8, 4) is 0 Å². The van der Waals surface area contributed by atoms with E-state index in [1.54, 1.807) is 6.92 Å². The van der Waals surface area contributed by atoms with E-state index >= 15 is 0 Å². The van der Waals surface area contributed by atoms with Crippen molar-refractivity contribution in [2.75, 3.05) is 6.54 Å². The van der Waals surface area contributed by atoms with E-state index in [-0.39, 0.29) is 48.1 Å². The lowest BCUT2D eigenvalue weighted by Crippen LogP contribution is -2.51. The van der Waals surface area contributed by atoms with Crippen molar-refractivity contribution >= 4 is 23.8 Å². The van der Waals surface area contributed by atoms with Gasteiger partial charge in [-0.25, -0.2) is 0 Å². The summed E-state index contributed by atoms with van der Waals surface area (Å²) >= 11 is 0. The van der Waals surface area contributed by atoms with Crippen LogP contribution < -0.4 is 20.8 Å². The van der Waals surface area contributed by atoms with Crippen molar-refractivity contribution in [1.82, 2.24) is 10.6 Å². The van der Waals surface area contributed by atoms with Crippen LogP contribution in [0.5, 0.6) is 0 Å². The van der Waals surface area contributed by atoms with E-state index in [2.05, 4.69) is 10.6 Å². The fraction of sp³-hybridized carbons (Fsp3) is 0.810. The zero-order valence-electron chi connectivity index (χ0n) is 16.6. The van der Waals surface area contributed by atoms with Crippen LogP contribution in [0.4, 0.5) is 0 Å². The third-order valence-electron chi connectivity index (χ3n) is 7.95. The van der Waals surface area contributed by atoms with Gasteiger partial charge < -0.3 is 30.4 Å². The number of aliphatic carboxylic acids is 2. The summed E-state index contributed by atoms with van der Waals surface area (Å²) in [5, 5.41) is 28.6. The Balaban J connectivity index is 1.30. The number of hydrogen-bond donors (Lipinski definition) is 2. The standard InChI is InChI=1S/C21H30N2O6/c1-9(23-19(25)15-11-3-5-13(7-11)17(15)21(28)29)8-22-18(24)14-10-2-4-12(6-10)16(14)20(26)27/h9-17H,2-8H2,1H3,(H,22,24)(H,23,25)(H,26,27)(H,28,29)/p-2/t9-,10+,11+,12+,13+,14-,15-,16+,17+/m1/s1. The van der Waals surface area contributed by atoms with Gasteiger partial charge in [0.05, 0.1) is 0 Å². The molecule has 4 aliphatic rings. The number of carboxylic acids is 2. The van der Waals surface area contributed by atoms with Gasteiger partial charge in [0.1, 0.15) is 0 Å². The van der Waals surface area contributed by atoms with Crippen molar-refractivity contribution in [2.45, 2.75) is 51.5 Å². The molecule has 0 aromatic heterocycles. The predicted molar refractivity (Wildman–Crippen MR) is 96.3 cm³/mol. The zero-order chi connectivity index (χ0) is 20.9. The smallest absolute Gasteiger partial charge is 0.224 e. The first-order valence-electron chi connectivity index (χ1n) is 10.8. The maximum absolute atomic E-state index is 12.7. The molecular formula is C21H28N2O6-2. The monoisotopic (exact) mass is 404 g/mol. The second-order valence-electron chi connectivity index (χ2n) is 9.56. The summed E-state index contributed by atoms with van der Waals surface area (Å²) in [6.45, 7) is 1.92. The molecular weight excluding hydrogens is 376 g/mol. The fourth-order valence-electron chi connectivity index (χ4n) is 6.78. The summed E-state index contributed by atoms with van der Waals surface area (Å²) in [6, 6.07) is -0.382. The average molecular weight is 404 g/mol. The molecule has 4 bridgehead atoms. The molecule has 0 saturated heterocycles. The largest absolute Gasteiger partial charge is 0.550 e. The second kappa shape index (κ2) is 7.61. The van der Waals surface area contributed by atoms with Crippen LogP contribution in [0.25, 0.3) is 0 Å². The van der Waals surface area contributed by atoms with Crippen LogP contribution in [-0.2, 0) is 19.2 Å². The van der Waals surface area contributed by atoms with Gasteiger partial charge in [-0.2, -0.15) is 0 Å². The van der Waals surface area contributed by atoms with E-state index in [0.29, 0.717) is 0 Å². The molecule has 4 rings (SSSR count). The lowest BCUT2D eigenvalue weighted by atomic mass is 9.78. The minimum Gasteiger partial charge on any atom is -0.550 e. The molecule has 8 heteroatoms. The maximum Gasteiger partial charge on any atom is 0.224 e. The highest BCUT2D eigenvalue weighted by Gasteiger charge is 2.52. The summed E-state index contributed by atoms with van der Waals surface area (Å²) in [5.74, 6) is -5.24. The molecule has 2 N–H and O–H groups in total. The number of hydrogen-bond acceptors (Lipinski definition) is 6. The molecule has 0 unspecified atom stereocenters. The third kappa shape index (κ3) is 3.51. The Hall–Kier alpha value is -2.12. The highest BCUT2D eigenvalue weighted by atomic mass is 16.4. The Labute approximate surface area is 169 Å². The normalized spacial score (nSPS) is 40.6. The first kappa shape index (κ1) is 20.2. The molecule has 8 nitrogen and oxygen atoms in total. The van der Waals surface area contributed by atoms with Crippen LogP contribution in [0.3, 0.4) is 0 Å². The second-order valence-corrected chi connectivity index (χ2v) is 9.56. The Morgan fingerprint density at radius 2 is 1.17 bits per heavy atom. The number of nitrogens with one attached hydrogen (secondary N) is 2. The number of carbonyl (C=O) groups is 4. The van der Waals surface area contributed by atoms with Crippen molar-refractivity contribution in [2.24, 2.45) is 47.3 Å². The zero-order valence-corrected chi connectivity index (χ0v) is 16.6. The van der Waals surface area contributed by atoms with E-state index in [1.165, 1.54) is 0 Å². The molecule has 0 spiro atoms. The minimum absolute atomic E-state index is 0.0232. The number of fused-ring (bicyclic) bond motifs is 4. The molecule has 0 aromatic rings. The summed E-state index contributed by atoms with van der Waals surface area (Å²) in [5.41, 5.74) is 0. The molecule has 2 amide bonds. The molecule has 0 aliphatic heterocycles. The molecule has 0 aromatic carbocycles. The van der Waals surface area contributed by atoms with Crippen LogP contribution in [0.15, 0.2) is 0 Å². The summed E-state index contributed by atoms with van der Waals surface area (Å²) in [7, 11) is 0. The Morgan fingerprint density at radius 1 is 0.759 bits per heavy atom. The number of amides is 2. The van der Waals surface area contributed by atoms with Gasteiger partial charge in [0.25, 0.3) is 0 Å². The van der Waals surface area contributed by atoms with E-state index < -0.39 is 35.6 Å². The topological polar surface area (TPSA) is 138 Å². The van der Waals surface area contributed by atoms with Gasteiger partial charge >= 0.3 is 0 Å². The Kier molecular flexibility index (Phi) is 5.29. The van der Waals surface area contributed by atoms with E-state index in [1.807, 2.05) is 0 Å². The highest BCUT2D eigenvalue weighted by molar-refractivity contribution is 5.87. The highest BCUT2D eigenvalue weighted by Crippen LogP contribution is 2.53. The van der Waals surface area contributed by atoms with Crippen molar-refractivity contribution < 1.29 is 29.4 Å². The van der Waals surface area contributed by atoms with Crippen LogP contribution in [0.1, 0.15) is 45.4 Å². The third-order valence-corrected chi connectivity index (χ3v) is 7.95. The Bertz CT molecular complexity index is 724. The van der Waals surface area contributed by atoms with Gasteiger partial charge in [-0.3, -0.25) is 9.59 Å². The van der Waals surface area contributed by atoms with Crippen LogP contribution in [0, 0.1) is 47.3 Å². The van der Waals surface area contributed by atoms with E-state index in [4.69, 9.17) is 0 Å². The summed E-state index contributed by atoms with van der Waals surface area (Å²) in [4.78, 5) is 48.3. The van der Waals surface area contributed by atoms with Crippen molar-refractivity contribution in [3.63, 3.8) is 0 Å². The van der Waals surface area contributed by atoms with Crippen LogP contribution in [0.2, 0.25) is 0 Å². The molecule has 4 fully saturated rings. The number of rotatable bonds is 7. The molecule has 160 valence electrons. The molecule has 9 atom stereocenters. The first-order chi connectivity index (χ1) is 13.8. The van der Waals surface area contributed by atoms with Gasteiger partial charge in [0, 0.05) is 48.2 Å². The average Bonchev–Trinajstić information content (AvgIpc) is 3.44. The molecule has 4 aliphatic carbocycles. The fourth-order valence-corrected chi connectivity index (χ4v) is 6.78. The van der Waals surface area contributed by atoms with Gasteiger partial charge in [0.2, 0.25) is 11.8 Å². The molecule has 4 saturated carbocycles. The van der Waals surface area contributed by atoms with Crippen LogP contribution >= 0.6 is 0 Å². The van der Waals surface area contributed by atoms with Gasteiger partial charge in [-0.05, 0) is 69.1 Å². The lowest BCUT2D eigenvalue weighted by Gasteiger charge is -2.32. The number of carbonyl (C=O) groups excluding carboxylic acids is 4. The van der Waals surface area contributed by atoms with E-state index in [9.17, 15) is 29.4 Å². The maximum atomic E-state index is 12.7. The summed E-state index contributed by atoms with van der Waals surface area (Å²) in [6.07, 6.45) is 4.93. The van der Waals surface area contributed by atoms with Crippen molar-refractivity contribution in [1.29, 1.82) is 0 Å². The van der Waals surface area contributed by atoms with Gasteiger partial charge in [0.15, 0.2) is 0 Å². The van der Waals surface area contributed by atoms with Gasteiger partial charge in [-0.15, -0.1) is 0 Å². The van der Waals surface area contributed by atoms with E-state index in [0.717, 1.165) is 38.5 Å². The first-order valence-corrected chi connectivity index (χ1v) is 10.8. The Morgan fingerprint density at radius 3 is 1.62 bits per heavy atom. The van der Waals surface area contributed by atoms with Crippen LogP contribution in [-0.4, -0.2) is 36.3 Å². The minimum atomic E-state index is -1.15. The molecule has 0 radical (unpaired) electrons. The number of carboxylic acid groups (broad SMARTS) is 2. The van der Waals surface area contributed by atoms with Gasteiger partial charge in [-0.1, -0.05) is 0 Å². The predicted octanol–water partition coefficient (Wildman–Crippen LogP) is -1.57.